The van der Waals surface area contributed by atoms with Crippen LogP contribution in [-0.4, -0.2) is 50.5 Å². The molecule has 0 aliphatic heterocycles. The number of thioether (sulfide) groups is 1. The molecule has 0 heterocycles. The van der Waals surface area contributed by atoms with Crippen LogP contribution >= 0.6 is 11.8 Å². The highest BCUT2D eigenvalue weighted by Crippen LogP contribution is 2.32. The Labute approximate surface area is 348 Å². The summed E-state index contributed by atoms with van der Waals surface area (Å²) >= 11 is 1.91. The van der Waals surface area contributed by atoms with Crippen molar-refractivity contribution < 1.29 is 47.7 Å². The summed E-state index contributed by atoms with van der Waals surface area (Å²) < 4.78 is 37.3. The van der Waals surface area contributed by atoms with Crippen molar-refractivity contribution in [2.75, 3.05) is 11.5 Å². The number of benzene rings is 5. The van der Waals surface area contributed by atoms with Gasteiger partial charge in [0.15, 0.2) is 5.78 Å². The number of aliphatic carboxylic acids is 1. The minimum atomic E-state index is -4.40. The molecule has 5 aromatic carbocycles. The van der Waals surface area contributed by atoms with Gasteiger partial charge in [-0.05, 0) is 76.6 Å². The van der Waals surface area contributed by atoms with Crippen molar-refractivity contribution in [1.82, 2.24) is 0 Å². The number of hydrogen-bond acceptors (Lipinski definition) is 5. The Morgan fingerprint density at radius 1 is 0.542 bits per heavy atom. The van der Waals surface area contributed by atoms with Crippen molar-refractivity contribution in [1.29, 1.82) is 0 Å². The molecule has 0 aromatic heterocycles. The maximum atomic E-state index is 12.6. The van der Waals surface area contributed by atoms with Crippen LogP contribution in [0.5, 0.6) is 0 Å². The third kappa shape index (κ3) is 17.1. The summed E-state index contributed by atoms with van der Waals surface area (Å²) in [6, 6.07) is 29.9. The molecule has 3 N–H and O–H groups in total. The van der Waals surface area contributed by atoms with Crippen LogP contribution in [-0.2, 0) is 11.0 Å². The number of fused-ring (bicyclic) bond motifs is 1. The minimum Gasteiger partial charge on any atom is -0.481 e. The lowest BCUT2D eigenvalue weighted by molar-refractivity contribution is -0.138. The van der Waals surface area contributed by atoms with Gasteiger partial charge in [-0.25, -0.2) is 9.59 Å². The highest BCUT2D eigenvalue weighted by Gasteiger charge is 2.30. The third-order valence-electron chi connectivity index (χ3n) is 9.40. The summed E-state index contributed by atoms with van der Waals surface area (Å²) in [5.74, 6) is -0.950. The number of aromatic carboxylic acids is 2. The summed E-state index contributed by atoms with van der Waals surface area (Å²) in [4.78, 5) is 45.4. The third-order valence-corrected chi connectivity index (χ3v) is 10.6. The number of hydrogen-bond donors (Lipinski definition) is 3. The van der Waals surface area contributed by atoms with E-state index in [0.717, 1.165) is 35.1 Å². The van der Waals surface area contributed by atoms with Gasteiger partial charge in [0.1, 0.15) is 0 Å². The lowest BCUT2D eigenvalue weighted by atomic mass is 9.95. The summed E-state index contributed by atoms with van der Waals surface area (Å²) in [7, 11) is 0. The lowest BCUT2D eigenvalue weighted by Gasteiger charge is -2.09. The van der Waals surface area contributed by atoms with Crippen LogP contribution in [0.1, 0.15) is 126 Å². The van der Waals surface area contributed by atoms with Gasteiger partial charge in [0.2, 0.25) is 0 Å². The number of alkyl halides is 3. The molecule has 0 atom stereocenters. The summed E-state index contributed by atoms with van der Waals surface area (Å²) in [6.07, 6.45) is 10.6. The molecule has 0 spiro atoms. The maximum Gasteiger partial charge on any atom is 0.416 e. The molecule has 0 fully saturated rings. The summed E-state index contributed by atoms with van der Waals surface area (Å²) in [5, 5.41) is 28.5. The second kappa shape index (κ2) is 25.8. The summed E-state index contributed by atoms with van der Waals surface area (Å²) in [5.41, 5.74) is 0.853. The topological polar surface area (TPSA) is 129 Å². The largest absolute Gasteiger partial charge is 0.481 e. The highest BCUT2D eigenvalue weighted by molar-refractivity contribution is 7.99. The average molecular weight is 831 g/mol. The van der Waals surface area contributed by atoms with Crippen LogP contribution in [0.25, 0.3) is 21.9 Å². The second-order valence-electron chi connectivity index (χ2n) is 14.0. The van der Waals surface area contributed by atoms with Crippen molar-refractivity contribution in [2.45, 2.75) is 90.1 Å². The molecule has 0 aliphatic rings. The van der Waals surface area contributed by atoms with Crippen LogP contribution < -0.4 is 0 Å². The molecule has 314 valence electrons. The standard InChI is InChI=1S/C18H12O3.C16H32O2S.C14H9F3O2/c19-17(12-6-2-1-3-7-12)15-10-13-8-4-5-9-14(13)11-16(15)18(20)21;1-2-3-4-5-6-7-8-9-10-11-14-19-15-12-13-16(17)18;15-14(16,17)10-7-5-9(6-8-10)11-3-1-2-4-12(11)13(18)19/h1-11H,(H,20,21);2-15H2,1H3,(H,17,18);1-8H,(H,18,19). The predicted octanol–water partition coefficient (Wildman–Crippen LogP) is 13.3. The first-order valence-corrected chi connectivity index (χ1v) is 21.1. The molecule has 59 heavy (non-hydrogen) atoms. The maximum absolute atomic E-state index is 12.6. The Morgan fingerprint density at radius 3 is 1.58 bits per heavy atom. The van der Waals surface area contributed by atoms with E-state index in [0.29, 0.717) is 23.1 Å². The number of ketones is 1. The van der Waals surface area contributed by atoms with Gasteiger partial charge in [-0.3, -0.25) is 9.59 Å². The van der Waals surface area contributed by atoms with Crippen LogP contribution in [0.2, 0.25) is 0 Å². The van der Waals surface area contributed by atoms with E-state index in [9.17, 15) is 37.5 Å². The smallest absolute Gasteiger partial charge is 0.416 e. The van der Waals surface area contributed by atoms with Crippen molar-refractivity contribution in [3.63, 3.8) is 0 Å². The van der Waals surface area contributed by atoms with Crippen LogP contribution in [0.3, 0.4) is 0 Å². The quantitative estimate of drug-likeness (QED) is 0.0522. The first kappa shape index (κ1) is 48.0. The van der Waals surface area contributed by atoms with Crippen molar-refractivity contribution >= 4 is 46.2 Å². The van der Waals surface area contributed by atoms with E-state index in [4.69, 9.17) is 10.2 Å². The number of carbonyl (C=O) groups excluding carboxylic acids is 1. The number of rotatable bonds is 20. The SMILES string of the molecule is CCCCCCCCCCCCSCCCC(=O)O.O=C(O)c1cc2ccccc2cc1C(=O)c1ccccc1.O=C(O)c1ccccc1-c1ccc(C(F)(F)F)cc1. The number of carbonyl (C=O) groups is 4. The van der Waals surface area contributed by atoms with Gasteiger partial charge in [0.05, 0.1) is 16.7 Å². The molecule has 0 amide bonds. The van der Waals surface area contributed by atoms with Crippen molar-refractivity contribution in [2.24, 2.45) is 0 Å². The Kier molecular flexibility index (Phi) is 21.0. The molecule has 0 saturated heterocycles. The lowest BCUT2D eigenvalue weighted by Crippen LogP contribution is -2.09. The van der Waals surface area contributed by atoms with Gasteiger partial charge in [-0.1, -0.05) is 150 Å². The van der Waals surface area contributed by atoms with Crippen LogP contribution in [0.4, 0.5) is 13.2 Å². The van der Waals surface area contributed by atoms with E-state index in [1.54, 1.807) is 54.6 Å². The molecule has 0 bridgehead atoms. The van der Waals surface area contributed by atoms with Gasteiger partial charge >= 0.3 is 24.1 Å². The first-order chi connectivity index (χ1) is 28.3. The van der Waals surface area contributed by atoms with E-state index in [1.807, 2.05) is 42.1 Å². The highest BCUT2D eigenvalue weighted by atomic mass is 32.2. The zero-order valence-corrected chi connectivity index (χ0v) is 34.2. The van der Waals surface area contributed by atoms with E-state index < -0.39 is 29.6 Å². The van der Waals surface area contributed by atoms with Crippen LogP contribution in [0.15, 0.2) is 115 Å². The zero-order valence-electron chi connectivity index (χ0n) is 33.4. The molecular weight excluding hydrogens is 778 g/mol. The first-order valence-electron chi connectivity index (χ1n) is 20.0. The van der Waals surface area contributed by atoms with E-state index in [2.05, 4.69) is 6.92 Å². The van der Waals surface area contributed by atoms with Gasteiger partial charge in [0.25, 0.3) is 0 Å². The number of carboxylic acids is 3. The Balaban J connectivity index is 0.000000237. The average Bonchev–Trinajstić information content (AvgIpc) is 3.23. The molecule has 0 saturated carbocycles. The molecule has 0 radical (unpaired) electrons. The minimum absolute atomic E-state index is 0.0301. The van der Waals surface area contributed by atoms with Crippen molar-refractivity contribution in [3.8, 4) is 11.1 Å². The van der Waals surface area contributed by atoms with Gasteiger partial charge in [0, 0.05) is 17.5 Å². The molecule has 0 unspecified atom stereocenters. The molecule has 5 aromatic rings. The molecule has 7 nitrogen and oxygen atoms in total. The second-order valence-corrected chi connectivity index (χ2v) is 15.2. The molecular formula is C48H53F3O7S. The Bertz CT molecular complexity index is 2070. The van der Waals surface area contributed by atoms with Gasteiger partial charge in [-0.2, -0.15) is 24.9 Å². The number of halogens is 3. The van der Waals surface area contributed by atoms with Crippen LogP contribution in [0, 0.1) is 0 Å². The van der Waals surface area contributed by atoms with Crippen molar-refractivity contribution in [3.05, 3.63) is 143 Å². The fourth-order valence-corrected chi connectivity index (χ4v) is 7.19. The molecule has 11 heteroatoms. The molecule has 5 rings (SSSR count). The monoisotopic (exact) mass is 830 g/mol. The van der Waals surface area contributed by atoms with E-state index >= 15 is 0 Å². The summed E-state index contributed by atoms with van der Waals surface area (Å²) in [6.45, 7) is 2.26. The normalized spacial score (nSPS) is 10.8. The fraction of sp³-hybridized carbons (Fsp3) is 0.333. The fourth-order valence-electron chi connectivity index (χ4n) is 6.23. The number of carboxylic acid groups (broad SMARTS) is 3. The zero-order chi connectivity index (χ0) is 43.0. The van der Waals surface area contributed by atoms with E-state index in [1.165, 1.54) is 88.2 Å². The Morgan fingerprint density at radius 2 is 1.03 bits per heavy atom. The van der Waals surface area contributed by atoms with Gasteiger partial charge < -0.3 is 15.3 Å². The number of unbranched alkanes of at least 4 members (excludes halogenated alkanes) is 9. The predicted molar refractivity (Wildman–Crippen MR) is 231 cm³/mol. The van der Waals surface area contributed by atoms with E-state index in [-0.39, 0.29) is 22.5 Å². The molecule has 0 aliphatic carbocycles. The van der Waals surface area contributed by atoms with Gasteiger partial charge in [-0.15, -0.1) is 0 Å². The Hall–Kier alpha value is -5.42.